The molecule has 226 valence electrons. The van der Waals surface area contributed by atoms with Gasteiger partial charge >= 0.3 is 12.1 Å². The molecule has 0 saturated carbocycles. The van der Waals surface area contributed by atoms with Crippen molar-refractivity contribution in [3.63, 3.8) is 0 Å². The Hall–Kier alpha value is -4.25. The molecule has 1 saturated heterocycles. The number of piperidine rings is 1. The molecule has 5 rings (SSSR count). The lowest BCUT2D eigenvalue weighted by molar-refractivity contribution is -0.173. The van der Waals surface area contributed by atoms with Crippen LogP contribution in [0.1, 0.15) is 45.9 Å². The number of carbonyl (C=O) groups is 2. The Kier molecular flexibility index (Phi) is 8.82. The molecule has 7 nitrogen and oxygen atoms in total. The number of aromatic nitrogens is 2. The number of aryl methyl sites for hydroxylation is 1. The lowest BCUT2D eigenvalue weighted by Gasteiger charge is -2.32. The number of amides is 2. The molecule has 0 radical (unpaired) electrons. The zero-order valence-electron chi connectivity index (χ0n) is 23.9. The van der Waals surface area contributed by atoms with Gasteiger partial charge in [-0.15, -0.1) is 0 Å². The van der Waals surface area contributed by atoms with Gasteiger partial charge in [0, 0.05) is 62.1 Å². The van der Waals surface area contributed by atoms with Crippen molar-refractivity contribution < 1.29 is 31.9 Å². The van der Waals surface area contributed by atoms with Gasteiger partial charge < -0.3 is 19.5 Å². The minimum Gasteiger partial charge on any atom is -0.383 e. The summed E-state index contributed by atoms with van der Waals surface area (Å²) in [5, 5.41) is 2.75. The molecule has 43 heavy (non-hydrogen) atoms. The topological polar surface area (TPSA) is 76.5 Å². The summed E-state index contributed by atoms with van der Waals surface area (Å²) in [6, 6.07) is 14.0. The van der Waals surface area contributed by atoms with E-state index in [4.69, 9.17) is 4.74 Å². The highest BCUT2D eigenvalue weighted by atomic mass is 19.4. The summed E-state index contributed by atoms with van der Waals surface area (Å²) in [6.45, 7) is 3.29. The first kappa shape index (κ1) is 30.2. The lowest BCUT2D eigenvalue weighted by atomic mass is 9.88. The molecule has 0 aliphatic carbocycles. The van der Waals surface area contributed by atoms with Gasteiger partial charge in [0.2, 0.25) is 0 Å². The third-order valence-corrected chi connectivity index (χ3v) is 7.86. The van der Waals surface area contributed by atoms with E-state index in [0.29, 0.717) is 55.9 Å². The fourth-order valence-corrected chi connectivity index (χ4v) is 5.69. The van der Waals surface area contributed by atoms with Gasteiger partial charge in [0.1, 0.15) is 11.5 Å². The maximum Gasteiger partial charge on any atom is 0.471 e. The summed E-state index contributed by atoms with van der Waals surface area (Å²) in [4.78, 5) is 31.2. The van der Waals surface area contributed by atoms with E-state index in [-0.39, 0.29) is 18.4 Å². The van der Waals surface area contributed by atoms with E-state index in [9.17, 15) is 27.2 Å². The Balaban J connectivity index is 1.35. The number of benzene rings is 2. The number of alkyl halides is 3. The molecule has 0 bridgehead atoms. The molecule has 0 spiro atoms. The second-order valence-corrected chi connectivity index (χ2v) is 10.8. The second kappa shape index (κ2) is 12.5. The summed E-state index contributed by atoms with van der Waals surface area (Å²) in [7, 11) is 1.61. The Morgan fingerprint density at radius 2 is 1.84 bits per heavy atom. The van der Waals surface area contributed by atoms with E-state index in [1.165, 1.54) is 18.2 Å². The normalized spacial score (nSPS) is 14.3. The smallest absolute Gasteiger partial charge is 0.383 e. The summed E-state index contributed by atoms with van der Waals surface area (Å²) >= 11 is 0. The third kappa shape index (κ3) is 6.56. The van der Waals surface area contributed by atoms with Crippen LogP contribution >= 0.6 is 0 Å². The Bertz CT molecular complexity index is 1640. The molecule has 1 N–H and O–H groups in total. The molecule has 4 aromatic rings. The van der Waals surface area contributed by atoms with Gasteiger partial charge in [-0.3, -0.25) is 14.6 Å². The molecule has 2 aromatic carbocycles. The number of methoxy groups -OCH3 is 1. The van der Waals surface area contributed by atoms with Gasteiger partial charge in [-0.2, -0.15) is 13.2 Å². The van der Waals surface area contributed by atoms with Gasteiger partial charge in [-0.05, 0) is 72.2 Å². The number of rotatable bonds is 8. The van der Waals surface area contributed by atoms with E-state index in [0.717, 1.165) is 27.6 Å². The van der Waals surface area contributed by atoms with Gasteiger partial charge in [-0.25, -0.2) is 4.39 Å². The van der Waals surface area contributed by atoms with Crippen molar-refractivity contribution in [3.8, 4) is 11.1 Å². The minimum absolute atomic E-state index is 0.136. The number of nitrogens with one attached hydrogen (secondary N) is 1. The molecule has 1 aliphatic heterocycles. The number of hydrogen-bond donors (Lipinski definition) is 1. The van der Waals surface area contributed by atoms with Crippen LogP contribution in [0.4, 0.5) is 17.6 Å². The monoisotopic (exact) mass is 596 g/mol. The van der Waals surface area contributed by atoms with Crippen molar-refractivity contribution in [2.24, 2.45) is 0 Å². The SMILES string of the molecule is COCCn1c(C(=O)N2CCC(c3cc(CNC(=O)C(F)(F)F)ccc3F)CC2)cc2c(-c3cncc(C)c3)cccc21. The molecule has 0 atom stereocenters. The summed E-state index contributed by atoms with van der Waals surface area (Å²) < 4.78 is 59.8. The number of halogens is 4. The zero-order valence-corrected chi connectivity index (χ0v) is 23.9. The number of pyridine rings is 1. The largest absolute Gasteiger partial charge is 0.471 e. The van der Waals surface area contributed by atoms with Crippen molar-refractivity contribution in [3.05, 3.63) is 89.1 Å². The van der Waals surface area contributed by atoms with Crippen molar-refractivity contribution in [2.75, 3.05) is 26.8 Å². The van der Waals surface area contributed by atoms with Crippen LogP contribution in [0.5, 0.6) is 0 Å². The van der Waals surface area contributed by atoms with E-state index < -0.39 is 17.9 Å². The number of nitrogens with zero attached hydrogens (tertiary/aromatic N) is 3. The fraction of sp³-hybridized carbons (Fsp3) is 0.344. The van der Waals surface area contributed by atoms with Crippen LogP contribution in [0.15, 0.2) is 60.9 Å². The molecule has 1 fully saturated rings. The fourth-order valence-electron chi connectivity index (χ4n) is 5.69. The van der Waals surface area contributed by atoms with Gasteiger partial charge in [-0.1, -0.05) is 24.3 Å². The van der Waals surface area contributed by atoms with Crippen LogP contribution in [0.25, 0.3) is 22.0 Å². The van der Waals surface area contributed by atoms with E-state index in [1.54, 1.807) is 24.4 Å². The van der Waals surface area contributed by atoms with Crippen LogP contribution in [-0.4, -0.2) is 59.2 Å². The molecule has 2 amide bonds. The average molecular weight is 597 g/mol. The summed E-state index contributed by atoms with van der Waals surface area (Å²) in [5.41, 5.74) is 5.14. The third-order valence-electron chi connectivity index (χ3n) is 7.86. The van der Waals surface area contributed by atoms with Gasteiger partial charge in [0.25, 0.3) is 5.91 Å². The quantitative estimate of drug-likeness (QED) is 0.254. The number of carbonyl (C=O) groups excluding carboxylic acids is 2. The summed E-state index contributed by atoms with van der Waals surface area (Å²) in [6.07, 6.45) is -0.422. The highest BCUT2D eigenvalue weighted by Gasteiger charge is 2.38. The molecule has 11 heteroatoms. The molecule has 0 unspecified atom stereocenters. The number of likely N-dealkylation sites (tertiary alicyclic amines) is 1. The standard InChI is InChI=1S/C32H32F4N4O3/c1-20-14-23(19-37-17-20)24-4-3-5-28-26(24)16-29(40(28)12-13-43-2)30(41)39-10-8-22(9-11-39)25-15-21(6-7-27(25)33)18-38-31(42)32(34,35)36/h3-7,14-17,19,22H,8-13,18H2,1-2H3,(H,38,42). The van der Waals surface area contributed by atoms with Crippen molar-refractivity contribution >= 4 is 22.7 Å². The minimum atomic E-state index is -4.99. The maximum atomic E-state index is 14.8. The molecular formula is C32H32F4N4O3. The zero-order chi connectivity index (χ0) is 30.7. The summed E-state index contributed by atoms with van der Waals surface area (Å²) in [5.74, 6) is -2.87. The number of hydrogen-bond acceptors (Lipinski definition) is 4. The van der Waals surface area contributed by atoms with Crippen molar-refractivity contribution in [2.45, 2.75) is 44.9 Å². The second-order valence-electron chi connectivity index (χ2n) is 10.8. The van der Waals surface area contributed by atoms with Crippen LogP contribution in [-0.2, 0) is 22.6 Å². The Morgan fingerprint density at radius 3 is 2.53 bits per heavy atom. The Labute approximate surface area is 246 Å². The Morgan fingerprint density at radius 1 is 1.07 bits per heavy atom. The van der Waals surface area contributed by atoms with Crippen LogP contribution < -0.4 is 5.32 Å². The average Bonchev–Trinajstić information content (AvgIpc) is 3.37. The van der Waals surface area contributed by atoms with Crippen LogP contribution in [0.2, 0.25) is 0 Å². The van der Waals surface area contributed by atoms with E-state index in [2.05, 4.69) is 11.1 Å². The highest BCUT2D eigenvalue weighted by Crippen LogP contribution is 2.34. The number of ether oxygens (including phenoxy) is 1. The van der Waals surface area contributed by atoms with Crippen molar-refractivity contribution in [1.82, 2.24) is 19.8 Å². The number of fused-ring (bicyclic) bond motifs is 1. The maximum absolute atomic E-state index is 14.8. The molecular weight excluding hydrogens is 564 g/mol. The van der Waals surface area contributed by atoms with Gasteiger partial charge in [0.05, 0.1) is 6.61 Å². The lowest BCUT2D eigenvalue weighted by Crippen LogP contribution is -2.39. The first-order valence-corrected chi connectivity index (χ1v) is 14.0. The predicted molar refractivity (Wildman–Crippen MR) is 154 cm³/mol. The molecule has 1 aliphatic rings. The predicted octanol–water partition coefficient (Wildman–Crippen LogP) is 6.00. The first-order valence-electron chi connectivity index (χ1n) is 14.0. The van der Waals surface area contributed by atoms with Gasteiger partial charge in [0.15, 0.2) is 0 Å². The highest BCUT2D eigenvalue weighted by molar-refractivity contribution is 6.03. The van der Waals surface area contributed by atoms with E-state index >= 15 is 0 Å². The first-order chi connectivity index (χ1) is 20.6. The molecule has 2 aromatic heterocycles. The van der Waals surface area contributed by atoms with Crippen LogP contribution in [0.3, 0.4) is 0 Å². The van der Waals surface area contributed by atoms with E-state index in [1.807, 2.05) is 41.1 Å². The molecule has 3 heterocycles. The van der Waals surface area contributed by atoms with Crippen LogP contribution in [0, 0.1) is 12.7 Å². The van der Waals surface area contributed by atoms with Crippen molar-refractivity contribution in [1.29, 1.82) is 0 Å².